The molecule has 1 atom stereocenters. The number of carbonyl (C=O) groups is 3. The predicted octanol–water partition coefficient (Wildman–Crippen LogP) is 1.55. The van der Waals surface area contributed by atoms with Gasteiger partial charge in [-0.25, -0.2) is 0 Å². The van der Waals surface area contributed by atoms with Crippen LogP contribution in [0.15, 0.2) is 24.3 Å². The van der Waals surface area contributed by atoms with Crippen LogP contribution in [-0.4, -0.2) is 79.8 Å². The molecular weight excluding hydrogens is 392 g/mol. The molecule has 0 spiro atoms. The summed E-state index contributed by atoms with van der Waals surface area (Å²) in [5.41, 5.74) is 0.158. The second-order valence-corrected chi connectivity index (χ2v) is 8.57. The molecular formula is C21H29ClN4O3. The van der Waals surface area contributed by atoms with Gasteiger partial charge in [-0.1, -0.05) is 17.7 Å². The molecule has 3 rings (SSSR count). The summed E-state index contributed by atoms with van der Waals surface area (Å²) in [6.07, 6.45) is 1.07. The molecule has 1 aromatic carbocycles. The van der Waals surface area contributed by atoms with Crippen LogP contribution >= 0.6 is 11.6 Å². The molecule has 0 aliphatic carbocycles. The van der Waals surface area contributed by atoms with Crippen molar-refractivity contribution in [3.63, 3.8) is 0 Å². The maximum Gasteiger partial charge on any atom is 0.228 e. The van der Waals surface area contributed by atoms with Crippen molar-refractivity contribution in [3.8, 4) is 0 Å². The lowest BCUT2D eigenvalue weighted by molar-refractivity contribution is -0.132. The number of carbonyl (C=O) groups excluding carboxylic acids is 3. The SMILES string of the molecule is CN(C)CCC1(CCC(=O)N2CCN(c3cccc(Cl)c3)CC2)NC(=O)CC1=O. The number of anilines is 1. The van der Waals surface area contributed by atoms with Gasteiger partial charge in [-0.2, -0.15) is 0 Å². The summed E-state index contributed by atoms with van der Waals surface area (Å²) >= 11 is 6.08. The number of nitrogens with zero attached hydrogens (tertiary/aromatic N) is 3. The van der Waals surface area contributed by atoms with Crippen LogP contribution in [0.2, 0.25) is 5.02 Å². The van der Waals surface area contributed by atoms with Crippen LogP contribution in [0.1, 0.15) is 25.7 Å². The first-order valence-electron chi connectivity index (χ1n) is 10.1. The Morgan fingerprint density at radius 1 is 1.17 bits per heavy atom. The van der Waals surface area contributed by atoms with Crippen molar-refractivity contribution in [1.82, 2.24) is 15.1 Å². The number of Topliss-reactive ketones (excluding diaryl/α,β-unsaturated/α-hetero) is 1. The maximum atomic E-state index is 12.8. The highest BCUT2D eigenvalue weighted by molar-refractivity contribution is 6.30. The van der Waals surface area contributed by atoms with E-state index in [9.17, 15) is 14.4 Å². The quantitative estimate of drug-likeness (QED) is 0.677. The Kier molecular flexibility index (Phi) is 6.80. The molecule has 2 aliphatic heterocycles. The van der Waals surface area contributed by atoms with Gasteiger partial charge in [-0.3, -0.25) is 14.4 Å². The predicted molar refractivity (Wildman–Crippen MR) is 113 cm³/mol. The van der Waals surface area contributed by atoms with E-state index in [0.717, 1.165) is 18.8 Å². The molecule has 2 heterocycles. The van der Waals surface area contributed by atoms with Gasteiger partial charge < -0.3 is 20.0 Å². The molecule has 0 saturated carbocycles. The first-order chi connectivity index (χ1) is 13.8. The number of hydrogen-bond acceptors (Lipinski definition) is 5. The van der Waals surface area contributed by atoms with Crippen LogP contribution in [0.4, 0.5) is 5.69 Å². The Bertz CT molecular complexity index is 777. The molecule has 8 heteroatoms. The minimum absolute atomic E-state index is 0.0360. The fourth-order valence-electron chi connectivity index (χ4n) is 4.00. The Morgan fingerprint density at radius 3 is 2.48 bits per heavy atom. The van der Waals surface area contributed by atoms with Crippen molar-refractivity contribution in [1.29, 1.82) is 0 Å². The van der Waals surface area contributed by atoms with Crippen LogP contribution in [0.25, 0.3) is 0 Å². The zero-order valence-electron chi connectivity index (χ0n) is 17.1. The van der Waals surface area contributed by atoms with Gasteiger partial charge in [0.1, 0.15) is 5.54 Å². The highest BCUT2D eigenvalue weighted by Gasteiger charge is 2.45. The van der Waals surface area contributed by atoms with Gasteiger partial charge in [0.2, 0.25) is 11.8 Å². The monoisotopic (exact) mass is 420 g/mol. The number of amides is 2. The van der Waals surface area contributed by atoms with Crippen molar-refractivity contribution in [2.45, 2.75) is 31.2 Å². The lowest BCUT2D eigenvalue weighted by atomic mass is 9.86. The van der Waals surface area contributed by atoms with Crippen LogP contribution in [-0.2, 0) is 14.4 Å². The van der Waals surface area contributed by atoms with Crippen LogP contribution in [0.3, 0.4) is 0 Å². The third-order valence-corrected chi connectivity index (χ3v) is 6.03. The lowest BCUT2D eigenvalue weighted by Gasteiger charge is -2.37. The summed E-state index contributed by atoms with van der Waals surface area (Å²) in [4.78, 5) is 43.1. The van der Waals surface area contributed by atoms with Gasteiger partial charge in [-0.05, 0) is 45.1 Å². The van der Waals surface area contributed by atoms with Crippen LogP contribution < -0.4 is 10.2 Å². The summed E-state index contributed by atoms with van der Waals surface area (Å²) in [6.45, 7) is 3.44. The van der Waals surface area contributed by atoms with Gasteiger partial charge in [0, 0.05) is 49.9 Å². The molecule has 7 nitrogen and oxygen atoms in total. The fraction of sp³-hybridized carbons (Fsp3) is 0.571. The summed E-state index contributed by atoms with van der Waals surface area (Å²) in [5, 5.41) is 3.56. The number of ketones is 1. The third kappa shape index (κ3) is 5.28. The van der Waals surface area contributed by atoms with E-state index >= 15 is 0 Å². The standard InChI is InChI=1S/C21H29ClN4O3/c1-24(2)9-8-21(18(27)15-19(28)23-21)7-6-20(29)26-12-10-25(11-13-26)17-5-3-4-16(22)14-17/h3-5,14H,6-13,15H2,1-2H3,(H,23,28). The van der Waals surface area contributed by atoms with Gasteiger partial charge in [0.05, 0.1) is 6.42 Å². The number of piperazine rings is 1. The molecule has 2 aliphatic rings. The molecule has 1 aromatic rings. The van der Waals surface area contributed by atoms with E-state index in [4.69, 9.17) is 11.6 Å². The Hall–Kier alpha value is -2.12. The maximum absolute atomic E-state index is 12.8. The number of hydrogen-bond donors (Lipinski definition) is 1. The average molecular weight is 421 g/mol. The molecule has 1 unspecified atom stereocenters. The van der Waals surface area contributed by atoms with E-state index < -0.39 is 5.54 Å². The zero-order valence-corrected chi connectivity index (χ0v) is 17.9. The molecule has 0 radical (unpaired) electrons. The number of nitrogens with one attached hydrogen (secondary N) is 1. The highest BCUT2D eigenvalue weighted by atomic mass is 35.5. The van der Waals surface area contributed by atoms with Crippen LogP contribution in [0, 0.1) is 0 Å². The fourth-order valence-corrected chi connectivity index (χ4v) is 4.19. The molecule has 0 bridgehead atoms. The van der Waals surface area contributed by atoms with Crippen molar-refractivity contribution in [2.75, 3.05) is 51.7 Å². The molecule has 2 saturated heterocycles. The second-order valence-electron chi connectivity index (χ2n) is 8.13. The topological polar surface area (TPSA) is 73.0 Å². The average Bonchev–Trinajstić information content (AvgIpc) is 2.98. The largest absolute Gasteiger partial charge is 0.368 e. The van der Waals surface area contributed by atoms with Crippen molar-refractivity contribution >= 4 is 34.9 Å². The third-order valence-electron chi connectivity index (χ3n) is 5.79. The summed E-state index contributed by atoms with van der Waals surface area (Å²) in [5.74, 6) is -0.298. The number of benzene rings is 1. The van der Waals surface area contributed by atoms with Crippen molar-refractivity contribution in [2.24, 2.45) is 0 Å². The molecule has 2 fully saturated rings. The van der Waals surface area contributed by atoms with E-state index in [2.05, 4.69) is 10.2 Å². The van der Waals surface area contributed by atoms with E-state index in [1.807, 2.05) is 48.2 Å². The van der Waals surface area contributed by atoms with Gasteiger partial charge in [-0.15, -0.1) is 0 Å². The van der Waals surface area contributed by atoms with Crippen LogP contribution in [0.5, 0.6) is 0 Å². The second kappa shape index (κ2) is 9.13. The van der Waals surface area contributed by atoms with E-state index in [0.29, 0.717) is 37.5 Å². The molecule has 158 valence electrons. The molecule has 2 amide bonds. The van der Waals surface area contributed by atoms with E-state index in [-0.39, 0.29) is 30.4 Å². The highest BCUT2D eigenvalue weighted by Crippen LogP contribution is 2.27. The normalized spacial score (nSPS) is 22.3. The number of halogens is 1. The lowest BCUT2D eigenvalue weighted by Crippen LogP contribution is -2.51. The Balaban J connectivity index is 1.54. The van der Waals surface area contributed by atoms with Gasteiger partial charge >= 0.3 is 0 Å². The number of rotatable bonds is 7. The molecule has 0 aromatic heterocycles. The summed E-state index contributed by atoms with van der Waals surface area (Å²) < 4.78 is 0. The molecule has 29 heavy (non-hydrogen) atoms. The first kappa shape index (κ1) is 21.6. The molecule has 1 N–H and O–H groups in total. The van der Waals surface area contributed by atoms with E-state index in [1.54, 1.807) is 0 Å². The Labute approximate surface area is 177 Å². The van der Waals surface area contributed by atoms with Crippen molar-refractivity contribution in [3.05, 3.63) is 29.3 Å². The van der Waals surface area contributed by atoms with Gasteiger partial charge in [0.25, 0.3) is 0 Å². The van der Waals surface area contributed by atoms with Gasteiger partial charge in [0.15, 0.2) is 5.78 Å². The minimum Gasteiger partial charge on any atom is -0.368 e. The summed E-state index contributed by atoms with van der Waals surface area (Å²) in [7, 11) is 3.86. The summed E-state index contributed by atoms with van der Waals surface area (Å²) in [6, 6.07) is 7.73. The first-order valence-corrected chi connectivity index (χ1v) is 10.4. The van der Waals surface area contributed by atoms with Crippen molar-refractivity contribution < 1.29 is 14.4 Å². The smallest absolute Gasteiger partial charge is 0.228 e. The van der Waals surface area contributed by atoms with E-state index in [1.165, 1.54) is 0 Å². The zero-order chi connectivity index (χ0) is 21.0. The minimum atomic E-state index is -0.903. The Morgan fingerprint density at radius 2 is 1.90 bits per heavy atom.